The van der Waals surface area contributed by atoms with E-state index in [4.69, 9.17) is 14.2 Å². The molecule has 1 saturated heterocycles. The summed E-state index contributed by atoms with van der Waals surface area (Å²) in [5, 5.41) is 6.70. The predicted molar refractivity (Wildman–Crippen MR) is 135 cm³/mol. The van der Waals surface area contributed by atoms with Crippen LogP contribution in [0.5, 0.6) is 0 Å². The fourth-order valence-electron chi connectivity index (χ4n) is 3.27. The fourth-order valence-corrected chi connectivity index (χ4v) is 3.27. The number of benzene rings is 2. The van der Waals surface area contributed by atoms with E-state index in [1.54, 1.807) is 7.05 Å². The third kappa shape index (κ3) is 9.99. The van der Waals surface area contributed by atoms with Gasteiger partial charge in [-0.1, -0.05) is 54.6 Å². The van der Waals surface area contributed by atoms with Gasteiger partial charge in [0.1, 0.15) is 0 Å². The second-order valence-electron chi connectivity index (χ2n) is 7.36. The standard InChI is InChI=1S/C24H33N3O3.HI/c1-25-24(26-12-6-13-30-23-11-14-28-19-23)27-16-21-9-5-10-22(15-21)18-29-17-20-7-3-2-4-8-20;/h2-5,7-10,15,23H,6,11-14,16-19H2,1H3,(H2,25,26,27);1H. The van der Waals surface area contributed by atoms with Crippen molar-refractivity contribution < 1.29 is 14.2 Å². The number of aliphatic imine (C=N–C) groups is 1. The summed E-state index contributed by atoms with van der Waals surface area (Å²) < 4.78 is 16.9. The Morgan fingerprint density at radius 2 is 1.81 bits per heavy atom. The van der Waals surface area contributed by atoms with Crippen molar-refractivity contribution in [2.24, 2.45) is 4.99 Å². The summed E-state index contributed by atoms with van der Waals surface area (Å²) in [5.41, 5.74) is 3.55. The van der Waals surface area contributed by atoms with E-state index in [1.165, 1.54) is 16.7 Å². The lowest BCUT2D eigenvalue weighted by atomic mass is 10.1. The molecule has 0 bridgehead atoms. The topological polar surface area (TPSA) is 64.1 Å². The van der Waals surface area contributed by atoms with Gasteiger partial charge in [-0.2, -0.15) is 0 Å². The van der Waals surface area contributed by atoms with Gasteiger partial charge in [0.25, 0.3) is 0 Å². The van der Waals surface area contributed by atoms with E-state index in [9.17, 15) is 0 Å². The van der Waals surface area contributed by atoms with Crippen LogP contribution >= 0.6 is 24.0 Å². The van der Waals surface area contributed by atoms with Gasteiger partial charge in [-0.05, 0) is 29.5 Å². The maximum atomic E-state index is 5.84. The van der Waals surface area contributed by atoms with Crippen molar-refractivity contribution in [2.75, 3.05) is 33.4 Å². The van der Waals surface area contributed by atoms with E-state index in [0.29, 0.717) is 19.8 Å². The van der Waals surface area contributed by atoms with Crippen LogP contribution in [0.3, 0.4) is 0 Å². The highest BCUT2D eigenvalue weighted by Gasteiger charge is 2.15. The minimum absolute atomic E-state index is 0. The normalized spacial score (nSPS) is 16.0. The number of hydrogen-bond donors (Lipinski definition) is 2. The molecule has 1 unspecified atom stereocenters. The Labute approximate surface area is 202 Å². The van der Waals surface area contributed by atoms with E-state index in [2.05, 4.69) is 52.0 Å². The number of rotatable bonds is 11. The molecule has 1 aliphatic heterocycles. The van der Waals surface area contributed by atoms with Crippen LogP contribution in [0.2, 0.25) is 0 Å². The number of hydrogen-bond acceptors (Lipinski definition) is 4. The molecular formula is C24H34IN3O3. The summed E-state index contributed by atoms with van der Waals surface area (Å²) >= 11 is 0. The summed E-state index contributed by atoms with van der Waals surface area (Å²) in [6.07, 6.45) is 2.21. The Bertz CT molecular complexity index is 768. The molecule has 6 nitrogen and oxygen atoms in total. The zero-order valence-electron chi connectivity index (χ0n) is 18.2. The Hall–Kier alpha value is -1.68. The van der Waals surface area contributed by atoms with Crippen LogP contribution in [0.1, 0.15) is 29.5 Å². The SMILES string of the molecule is CN=C(NCCCOC1CCOC1)NCc1cccc(COCc2ccccc2)c1.I. The van der Waals surface area contributed by atoms with Gasteiger partial charge in [-0.25, -0.2) is 0 Å². The van der Waals surface area contributed by atoms with E-state index in [1.807, 2.05) is 18.2 Å². The number of nitrogens with one attached hydrogen (secondary N) is 2. The molecule has 1 fully saturated rings. The summed E-state index contributed by atoms with van der Waals surface area (Å²) in [7, 11) is 1.79. The van der Waals surface area contributed by atoms with Gasteiger partial charge in [0.2, 0.25) is 0 Å². The van der Waals surface area contributed by atoms with Gasteiger partial charge in [0.15, 0.2) is 5.96 Å². The van der Waals surface area contributed by atoms with E-state index in [0.717, 1.165) is 45.2 Å². The van der Waals surface area contributed by atoms with Gasteiger partial charge < -0.3 is 24.8 Å². The number of guanidine groups is 1. The first kappa shape index (κ1) is 25.6. The largest absolute Gasteiger partial charge is 0.379 e. The molecule has 0 aliphatic carbocycles. The molecule has 2 aromatic rings. The highest BCUT2D eigenvalue weighted by molar-refractivity contribution is 14.0. The van der Waals surface area contributed by atoms with E-state index in [-0.39, 0.29) is 30.1 Å². The predicted octanol–water partition coefficient (Wildman–Crippen LogP) is 3.88. The number of nitrogens with zero attached hydrogens (tertiary/aromatic N) is 1. The smallest absolute Gasteiger partial charge is 0.191 e. The molecule has 0 amide bonds. The molecule has 1 atom stereocenters. The maximum absolute atomic E-state index is 5.84. The van der Waals surface area contributed by atoms with Gasteiger partial charge in [-0.3, -0.25) is 4.99 Å². The second kappa shape index (κ2) is 15.2. The maximum Gasteiger partial charge on any atom is 0.191 e. The highest BCUT2D eigenvalue weighted by Crippen LogP contribution is 2.09. The zero-order chi connectivity index (χ0) is 20.9. The van der Waals surface area contributed by atoms with Crippen LogP contribution in [0, 0.1) is 0 Å². The average Bonchev–Trinajstić information content (AvgIpc) is 3.30. The molecule has 7 heteroatoms. The summed E-state index contributed by atoms with van der Waals surface area (Å²) in [5.74, 6) is 0.796. The van der Waals surface area contributed by atoms with Crippen LogP contribution in [0.4, 0.5) is 0 Å². The third-order valence-electron chi connectivity index (χ3n) is 4.91. The first-order chi connectivity index (χ1) is 14.8. The van der Waals surface area contributed by atoms with Crippen molar-refractivity contribution in [1.82, 2.24) is 10.6 Å². The van der Waals surface area contributed by atoms with Crippen LogP contribution in [0.15, 0.2) is 59.6 Å². The quantitative estimate of drug-likeness (QED) is 0.197. The summed E-state index contributed by atoms with van der Waals surface area (Å²) in [4.78, 5) is 4.29. The van der Waals surface area contributed by atoms with Gasteiger partial charge in [0.05, 0.1) is 25.9 Å². The lowest BCUT2D eigenvalue weighted by Crippen LogP contribution is -2.37. The molecule has 2 N–H and O–H groups in total. The number of ether oxygens (including phenoxy) is 3. The minimum atomic E-state index is 0. The molecule has 0 radical (unpaired) electrons. The lowest BCUT2D eigenvalue weighted by molar-refractivity contribution is 0.0420. The summed E-state index contributed by atoms with van der Waals surface area (Å²) in [6, 6.07) is 18.7. The Morgan fingerprint density at radius 3 is 2.58 bits per heavy atom. The van der Waals surface area contributed by atoms with Gasteiger partial charge >= 0.3 is 0 Å². The van der Waals surface area contributed by atoms with E-state index >= 15 is 0 Å². The van der Waals surface area contributed by atoms with Crippen LogP contribution < -0.4 is 10.6 Å². The molecule has 1 aliphatic rings. The van der Waals surface area contributed by atoms with Crippen molar-refractivity contribution >= 4 is 29.9 Å². The van der Waals surface area contributed by atoms with Crippen molar-refractivity contribution in [2.45, 2.75) is 38.7 Å². The Balaban J connectivity index is 0.00000341. The molecule has 2 aromatic carbocycles. The molecule has 3 rings (SSSR count). The lowest BCUT2D eigenvalue weighted by Gasteiger charge is -2.14. The molecule has 1 heterocycles. The molecule has 170 valence electrons. The van der Waals surface area contributed by atoms with Crippen LogP contribution in [0.25, 0.3) is 0 Å². The van der Waals surface area contributed by atoms with Gasteiger partial charge in [0, 0.05) is 33.4 Å². The van der Waals surface area contributed by atoms with Crippen molar-refractivity contribution in [3.63, 3.8) is 0 Å². The monoisotopic (exact) mass is 539 g/mol. The van der Waals surface area contributed by atoms with Gasteiger partial charge in [-0.15, -0.1) is 24.0 Å². The average molecular weight is 539 g/mol. The van der Waals surface area contributed by atoms with Crippen molar-refractivity contribution in [3.8, 4) is 0 Å². The molecule has 0 saturated carbocycles. The number of halogens is 1. The molecule has 0 aromatic heterocycles. The van der Waals surface area contributed by atoms with Crippen molar-refractivity contribution in [3.05, 3.63) is 71.3 Å². The zero-order valence-corrected chi connectivity index (χ0v) is 20.5. The van der Waals surface area contributed by atoms with Crippen LogP contribution in [-0.2, 0) is 34.0 Å². The Kier molecular flexibility index (Phi) is 12.5. The Morgan fingerprint density at radius 1 is 1.03 bits per heavy atom. The highest BCUT2D eigenvalue weighted by atomic mass is 127. The first-order valence-corrected chi connectivity index (χ1v) is 10.7. The van der Waals surface area contributed by atoms with Crippen molar-refractivity contribution in [1.29, 1.82) is 0 Å². The first-order valence-electron chi connectivity index (χ1n) is 10.7. The fraction of sp³-hybridized carbons (Fsp3) is 0.458. The molecular weight excluding hydrogens is 505 g/mol. The minimum Gasteiger partial charge on any atom is -0.379 e. The van der Waals surface area contributed by atoms with Crippen LogP contribution in [-0.4, -0.2) is 45.5 Å². The van der Waals surface area contributed by atoms with E-state index < -0.39 is 0 Å². The molecule has 31 heavy (non-hydrogen) atoms. The summed E-state index contributed by atoms with van der Waals surface area (Å²) in [6.45, 7) is 5.04. The third-order valence-corrected chi connectivity index (χ3v) is 4.91. The second-order valence-corrected chi connectivity index (χ2v) is 7.36. The molecule has 0 spiro atoms.